The molecule has 1 aromatic heterocycles. The monoisotopic (exact) mass is 365 g/mol. The summed E-state index contributed by atoms with van der Waals surface area (Å²) in [5, 5.41) is 2.86. The first kappa shape index (κ1) is 18.6. The molecular weight excluding hydrogens is 342 g/mol. The Bertz CT molecular complexity index is 1050. The fraction of sp³-hybridized carbons (Fsp3) is 0.286. The third-order valence-electron chi connectivity index (χ3n) is 4.67. The van der Waals surface area contributed by atoms with Crippen LogP contribution in [0.2, 0.25) is 0 Å². The maximum Gasteiger partial charge on any atom is 0.272 e. The number of rotatable bonds is 5. The van der Waals surface area contributed by atoms with Crippen LogP contribution in [0.15, 0.2) is 41.2 Å². The van der Waals surface area contributed by atoms with Crippen LogP contribution in [-0.2, 0) is 17.9 Å². The van der Waals surface area contributed by atoms with Gasteiger partial charge in [0.15, 0.2) is 0 Å². The van der Waals surface area contributed by atoms with E-state index in [0.29, 0.717) is 17.8 Å². The average Bonchev–Trinajstić information content (AvgIpc) is 2.66. The molecule has 0 aliphatic rings. The highest BCUT2D eigenvalue weighted by molar-refractivity contribution is 5.81. The fourth-order valence-electron chi connectivity index (χ4n) is 2.93. The molecule has 27 heavy (non-hydrogen) atoms. The molecular formula is C21H23N3O3. The number of nitrogens with zero attached hydrogens (tertiary/aromatic N) is 2. The van der Waals surface area contributed by atoms with E-state index in [2.05, 4.69) is 10.3 Å². The van der Waals surface area contributed by atoms with Crippen molar-refractivity contribution in [2.24, 2.45) is 0 Å². The number of fused-ring (bicyclic) bond motifs is 1. The molecule has 0 saturated heterocycles. The quantitative estimate of drug-likeness (QED) is 0.754. The molecule has 0 spiro atoms. The first-order valence-electron chi connectivity index (χ1n) is 8.77. The van der Waals surface area contributed by atoms with Gasteiger partial charge in [0.1, 0.15) is 18.0 Å². The van der Waals surface area contributed by atoms with Crippen molar-refractivity contribution in [3.63, 3.8) is 0 Å². The van der Waals surface area contributed by atoms with E-state index in [1.165, 1.54) is 4.57 Å². The Kier molecular flexibility index (Phi) is 5.26. The van der Waals surface area contributed by atoms with Crippen LogP contribution in [0.4, 0.5) is 0 Å². The lowest BCUT2D eigenvalue weighted by molar-refractivity contribution is -0.121. The number of ether oxygens (including phenoxy) is 1. The van der Waals surface area contributed by atoms with E-state index in [0.717, 1.165) is 28.0 Å². The molecule has 0 atom stereocenters. The predicted octanol–water partition coefficient (Wildman–Crippen LogP) is 2.65. The Morgan fingerprint density at radius 1 is 1.11 bits per heavy atom. The molecule has 1 amide bonds. The molecule has 3 rings (SSSR count). The largest absolute Gasteiger partial charge is 0.497 e. The predicted molar refractivity (Wildman–Crippen MR) is 105 cm³/mol. The highest BCUT2D eigenvalue weighted by Gasteiger charge is 2.13. The maximum absolute atomic E-state index is 12.6. The summed E-state index contributed by atoms with van der Waals surface area (Å²) in [4.78, 5) is 29.4. The second-order valence-corrected chi connectivity index (χ2v) is 6.64. The number of methoxy groups -OCH3 is 1. The number of carbonyl (C=O) groups is 1. The molecule has 0 aliphatic carbocycles. The number of aromatic nitrogens is 2. The minimum atomic E-state index is -0.245. The Balaban J connectivity index is 1.82. The minimum Gasteiger partial charge on any atom is -0.497 e. The lowest BCUT2D eigenvalue weighted by Crippen LogP contribution is -2.33. The highest BCUT2D eigenvalue weighted by atomic mass is 16.5. The van der Waals surface area contributed by atoms with E-state index < -0.39 is 0 Å². The van der Waals surface area contributed by atoms with Gasteiger partial charge in [0.25, 0.3) is 5.56 Å². The van der Waals surface area contributed by atoms with Crippen molar-refractivity contribution in [1.82, 2.24) is 14.9 Å². The number of amides is 1. The summed E-state index contributed by atoms with van der Waals surface area (Å²) in [5.41, 5.74) is 4.65. The number of benzene rings is 2. The summed E-state index contributed by atoms with van der Waals surface area (Å²) in [6.45, 7) is 5.99. The Morgan fingerprint density at radius 3 is 2.44 bits per heavy atom. The standard InChI is InChI=1S/C21H23N3O3/c1-13-9-18-19(10-14(13)2)24(21(26)15(3)23-18)12-20(25)22-11-16-5-7-17(27-4)8-6-16/h5-10H,11-12H2,1-4H3,(H,22,25). The first-order chi connectivity index (χ1) is 12.9. The molecule has 0 fully saturated rings. The van der Waals surface area contributed by atoms with Gasteiger partial charge in [-0.3, -0.25) is 14.2 Å². The van der Waals surface area contributed by atoms with Crippen LogP contribution in [0, 0.1) is 20.8 Å². The smallest absolute Gasteiger partial charge is 0.272 e. The molecule has 0 aliphatic heterocycles. The number of hydrogen-bond donors (Lipinski definition) is 1. The fourth-order valence-corrected chi connectivity index (χ4v) is 2.93. The zero-order valence-corrected chi connectivity index (χ0v) is 16.0. The molecule has 1 N–H and O–H groups in total. The van der Waals surface area contributed by atoms with Gasteiger partial charge in [-0.2, -0.15) is 0 Å². The van der Waals surface area contributed by atoms with E-state index in [9.17, 15) is 9.59 Å². The van der Waals surface area contributed by atoms with E-state index in [1.807, 2.05) is 50.2 Å². The minimum absolute atomic E-state index is 0.0443. The van der Waals surface area contributed by atoms with Crippen molar-refractivity contribution in [3.8, 4) is 5.75 Å². The van der Waals surface area contributed by atoms with Gasteiger partial charge in [-0.1, -0.05) is 12.1 Å². The normalized spacial score (nSPS) is 10.8. The molecule has 0 bridgehead atoms. The molecule has 0 saturated carbocycles. The van der Waals surface area contributed by atoms with Gasteiger partial charge in [-0.15, -0.1) is 0 Å². The number of hydrogen-bond acceptors (Lipinski definition) is 4. The van der Waals surface area contributed by atoms with Crippen molar-refractivity contribution in [2.75, 3.05) is 7.11 Å². The summed E-state index contributed by atoms with van der Waals surface area (Å²) in [6.07, 6.45) is 0. The summed E-state index contributed by atoms with van der Waals surface area (Å²) < 4.78 is 6.62. The first-order valence-corrected chi connectivity index (χ1v) is 8.77. The van der Waals surface area contributed by atoms with Crippen LogP contribution in [0.1, 0.15) is 22.4 Å². The van der Waals surface area contributed by atoms with Crippen LogP contribution in [-0.4, -0.2) is 22.6 Å². The average molecular weight is 365 g/mol. The molecule has 3 aromatic rings. The molecule has 6 heteroatoms. The Labute approximate surface area is 157 Å². The van der Waals surface area contributed by atoms with Crippen molar-refractivity contribution >= 4 is 16.9 Å². The van der Waals surface area contributed by atoms with Crippen LogP contribution >= 0.6 is 0 Å². The van der Waals surface area contributed by atoms with Crippen LogP contribution in [0.5, 0.6) is 5.75 Å². The van der Waals surface area contributed by atoms with E-state index in [1.54, 1.807) is 14.0 Å². The zero-order valence-electron chi connectivity index (χ0n) is 16.0. The number of aryl methyl sites for hydroxylation is 3. The number of carbonyl (C=O) groups excluding carboxylic acids is 1. The Morgan fingerprint density at radius 2 is 1.78 bits per heavy atom. The second kappa shape index (κ2) is 7.61. The summed E-state index contributed by atoms with van der Waals surface area (Å²) in [7, 11) is 1.61. The zero-order chi connectivity index (χ0) is 19.6. The molecule has 0 radical (unpaired) electrons. The van der Waals surface area contributed by atoms with E-state index in [-0.39, 0.29) is 18.0 Å². The molecule has 1 heterocycles. The van der Waals surface area contributed by atoms with Crippen molar-refractivity contribution in [2.45, 2.75) is 33.9 Å². The lowest BCUT2D eigenvalue weighted by Gasteiger charge is -2.13. The third kappa shape index (κ3) is 4.00. The van der Waals surface area contributed by atoms with Crippen LogP contribution in [0.25, 0.3) is 11.0 Å². The molecule has 0 unspecified atom stereocenters. The number of nitrogens with one attached hydrogen (secondary N) is 1. The van der Waals surface area contributed by atoms with Crippen LogP contribution < -0.4 is 15.6 Å². The van der Waals surface area contributed by atoms with E-state index in [4.69, 9.17) is 4.74 Å². The van der Waals surface area contributed by atoms with Gasteiger partial charge in [-0.25, -0.2) is 4.98 Å². The Hall–Kier alpha value is -3.15. The van der Waals surface area contributed by atoms with Gasteiger partial charge in [0.05, 0.1) is 18.1 Å². The topological polar surface area (TPSA) is 73.2 Å². The lowest BCUT2D eigenvalue weighted by atomic mass is 10.1. The van der Waals surface area contributed by atoms with Crippen molar-refractivity contribution < 1.29 is 9.53 Å². The summed E-state index contributed by atoms with van der Waals surface area (Å²) >= 11 is 0. The summed E-state index contributed by atoms with van der Waals surface area (Å²) in [6, 6.07) is 11.3. The third-order valence-corrected chi connectivity index (χ3v) is 4.67. The maximum atomic E-state index is 12.6. The van der Waals surface area contributed by atoms with Crippen molar-refractivity contribution in [3.05, 3.63) is 69.1 Å². The van der Waals surface area contributed by atoms with Gasteiger partial charge in [-0.05, 0) is 61.7 Å². The highest BCUT2D eigenvalue weighted by Crippen LogP contribution is 2.17. The van der Waals surface area contributed by atoms with Crippen molar-refractivity contribution in [1.29, 1.82) is 0 Å². The van der Waals surface area contributed by atoms with E-state index >= 15 is 0 Å². The molecule has 2 aromatic carbocycles. The SMILES string of the molecule is COc1ccc(CNC(=O)Cn2c(=O)c(C)nc3cc(C)c(C)cc32)cc1. The summed E-state index contributed by atoms with van der Waals surface area (Å²) in [5.74, 6) is 0.541. The van der Waals surface area contributed by atoms with Crippen LogP contribution in [0.3, 0.4) is 0 Å². The molecule has 140 valence electrons. The van der Waals surface area contributed by atoms with Gasteiger partial charge in [0, 0.05) is 6.54 Å². The van der Waals surface area contributed by atoms with Gasteiger partial charge < -0.3 is 10.1 Å². The van der Waals surface area contributed by atoms with Gasteiger partial charge >= 0.3 is 0 Å². The molecule has 6 nitrogen and oxygen atoms in total. The van der Waals surface area contributed by atoms with Gasteiger partial charge in [0.2, 0.25) is 5.91 Å². The second-order valence-electron chi connectivity index (χ2n) is 6.64.